The molecule has 0 atom stereocenters. The average Bonchev–Trinajstić information content (AvgIpc) is 2.94. The van der Waals surface area contributed by atoms with E-state index in [4.69, 9.17) is 4.74 Å². The van der Waals surface area contributed by atoms with E-state index in [1.807, 2.05) is 0 Å². The number of hydrogen-bond donors (Lipinski definition) is 0. The van der Waals surface area contributed by atoms with Gasteiger partial charge in [-0.05, 0) is 111 Å². The fraction of sp³-hybridized carbons (Fsp3) is 0.771. The molecule has 0 aromatic heterocycles. The zero-order valence-corrected chi connectivity index (χ0v) is 23.9. The van der Waals surface area contributed by atoms with E-state index in [2.05, 4.69) is 50.3 Å². The number of rotatable bonds is 15. The summed E-state index contributed by atoms with van der Waals surface area (Å²) in [4.78, 5) is 0. The van der Waals surface area contributed by atoms with Gasteiger partial charge in [-0.3, -0.25) is 0 Å². The molecule has 36 heavy (non-hydrogen) atoms. The molecule has 0 amide bonds. The Kier molecular flexibility index (Phi) is 11.0. The quantitative estimate of drug-likeness (QED) is 0.175. The normalized spacial score (nSPS) is 30.3. The van der Waals surface area contributed by atoms with Crippen molar-refractivity contribution in [3.63, 3.8) is 0 Å². The first-order valence-corrected chi connectivity index (χ1v) is 16.1. The molecule has 0 unspecified atom stereocenters. The van der Waals surface area contributed by atoms with E-state index in [9.17, 15) is 0 Å². The van der Waals surface area contributed by atoms with Crippen LogP contribution in [0.25, 0.3) is 0 Å². The molecule has 0 radical (unpaired) electrons. The second-order valence-corrected chi connectivity index (χ2v) is 12.8. The van der Waals surface area contributed by atoms with Gasteiger partial charge in [0.15, 0.2) is 0 Å². The zero-order valence-electron chi connectivity index (χ0n) is 23.9. The Morgan fingerprint density at radius 1 is 0.722 bits per heavy atom. The lowest BCUT2D eigenvalue weighted by Gasteiger charge is -2.54. The molecule has 0 heterocycles. The molecule has 0 aliphatic heterocycles. The summed E-state index contributed by atoms with van der Waals surface area (Å²) in [7, 11) is 0. The summed E-state index contributed by atoms with van der Waals surface area (Å²) < 4.78 is 6.17. The molecular formula is C35H56O. The van der Waals surface area contributed by atoms with Gasteiger partial charge in [0.25, 0.3) is 0 Å². The van der Waals surface area contributed by atoms with Crippen LogP contribution < -0.4 is 0 Å². The zero-order chi connectivity index (χ0) is 25.1. The summed E-state index contributed by atoms with van der Waals surface area (Å²) in [6, 6.07) is 10.1. The Balaban J connectivity index is 1.18. The summed E-state index contributed by atoms with van der Waals surface area (Å²) in [5.41, 5.74) is 4.44. The van der Waals surface area contributed by atoms with Crippen LogP contribution in [0.1, 0.15) is 159 Å². The Hall–Kier alpha value is -1.08. The third-order valence-corrected chi connectivity index (χ3v) is 10.5. The third-order valence-electron chi connectivity index (χ3n) is 10.5. The maximum Gasteiger partial charge on any atom is 0.0651 e. The van der Waals surface area contributed by atoms with Crippen LogP contribution >= 0.6 is 0 Å². The molecule has 4 aliphatic carbocycles. The van der Waals surface area contributed by atoms with Crippen molar-refractivity contribution in [1.82, 2.24) is 0 Å². The fourth-order valence-electron chi connectivity index (χ4n) is 7.74. The Morgan fingerprint density at radius 3 is 2.03 bits per heavy atom. The van der Waals surface area contributed by atoms with Gasteiger partial charge in [0.1, 0.15) is 0 Å². The lowest BCUT2D eigenvalue weighted by molar-refractivity contribution is 0.0304. The SMILES string of the molecule is CCCCC/C=C/CO[C@H]1CC[C@H](c2ccc(C34CCC(CCCCCCC)(CC3)CC4)cc2)CC1. The minimum absolute atomic E-state index is 0.469. The topological polar surface area (TPSA) is 9.23 Å². The highest BCUT2D eigenvalue weighted by Crippen LogP contribution is 2.59. The molecular weight excluding hydrogens is 436 g/mol. The fourth-order valence-corrected chi connectivity index (χ4v) is 7.74. The molecule has 1 aromatic rings. The largest absolute Gasteiger partial charge is 0.374 e. The van der Waals surface area contributed by atoms with Crippen molar-refractivity contribution in [2.45, 2.75) is 160 Å². The van der Waals surface area contributed by atoms with Gasteiger partial charge in [0.2, 0.25) is 0 Å². The lowest BCUT2D eigenvalue weighted by atomic mass is 9.51. The Bertz CT molecular complexity index is 742. The smallest absolute Gasteiger partial charge is 0.0651 e. The number of unbranched alkanes of at least 4 members (excludes halogenated alkanes) is 7. The molecule has 1 aromatic carbocycles. The average molecular weight is 493 g/mol. The van der Waals surface area contributed by atoms with Crippen LogP contribution in [0.4, 0.5) is 0 Å². The third kappa shape index (κ3) is 7.49. The standard InChI is InChI=1S/C35H56O/c1-3-5-7-9-11-13-29-36-33-20-16-31(17-21-33)30-14-18-32(19-15-30)35-26-23-34(24-27-35,25-28-35)22-12-10-8-6-4-2/h11,13-15,18-19,31,33H,3-10,12,16-17,20-29H2,1-2H3/b13-11+/t31-,33-,34?,35?. The molecule has 0 saturated heterocycles. The van der Waals surface area contributed by atoms with Gasteiger partial charge >= 0.3 is 0 Å². The van der Waals surface area contributed by atoms with Crippen LogP contribution in [0.2, 0.25) is 0 Å². The molecule has 2 bridgehead atoms. The minimum atomic E-state index is 0.469. The van der Waals surface area contributed by atoms with Crippen LogP contribution in [-0.4, -0.2) is 12.7 Å². The van der Waals surface area contributed by atoms with Crippen molar-refractivity contribution < 1.29 is 4.74 Å². The van der Waals surface area contributed by atoms with E-state index in [0.717, 1.165) is 12.5 Å². The van der Waals surface area contributed by atoms with E-state index in [1.54, 1.807) is 11.1 Å². The van der Waals surface area contributed by atoms with Gasteiger partial charge in [-0.25, -0.2) is 0 Å². The van der Waals surface area contributed by atoms with E-state index < -0.39 is 0 Å². The first-order chi connectivity index (χ1) is 17.7. The van der Waals surface area contributed by atoms with Crippen molar-refractivity contribution in [2.75, 3.05) is 6.61 Å². The molecule has 4 fully saturated rings. The van der Waals surface area contributed by atoms with Crippen molar-refractivity contribution in [3.05, 3.63) is 47.5 Å². The van der Waals surface area contributed by atoms with Crippen molar-refractivity contribution >= 4 is 0 Å². The number of fused-ring (bicyclic) bond motifs is 3. The van der Waals surface area contributed by atoms with Crippen molar-refractivity contribution in [1.29, 1.82) is 0 Å². The Labute approximate surface area is 223 Å². The summed E-state index contributed by atoms with van der Waals surface area (Å²) in [5.74, 6) is 0.735. The van der Waals surface area contributed by atoms with E-state index >= 15 is 0 Å². The first-order valence-electron chi connectivity index (χ1n) is 16.1. The minimum Gasteiger partial charge on any atom is -0.374 e. The lowest BCUT2D eigenvalue weighted by Crippen LogP contribution is -2.44. The summed E-state index contributed by atoms with van der Waals surface area (Å²) in [6.45, 7) is 5.39. The monoisotopic (exact) mass is 492 g/mol. The molecule has 4 saturated carbocycles. The van der Waals surface area contributed by atoms with E-state index in [1.165, 1.54) is 128 Å². The second kappa shape index (κ2) is 14.2. The van der Waals surface area contributed by atoms with Gasteiger partial charge in [0, 0.05) is 0 Å². The Morgan fingerprint density at radius 2 is 1.36 bits per heavy atom. The van der Waals surface area contributed by atoms with E-state index in [0.29, 0.717) is 16.9 Å². The number of benzene rings is 1. The maximum absolute atomic E-state index is 6.17. The van der Waals surface area contributed by atoms with Gasteiger partial charge in [-0.2, -0.15) is 0 Å². The van der Waals surface area contributed by atoms with Crippen LogP contribution in [-0.2, 0) is 10.2 Å². The van der Waals surface area contributed by atoms with Crippen LogP contribution in [0.15, 0.2) is 36.4 Å². The molecule has 0 N–H and O–H groups in total. The maximum atomic E-state index is 6.17. The highest BCUT2D eigenvalue weighted by atomic mass is 16.5. The number of hydrogen-bond acceptors (Lipinski definition) is 1. The second-order valence-electron chi connectivity index (χ2n) is 12.8. The van der Waals surface area contributed by atoms with Gasteiger partial charge in [-0.1, -0.05) is 95.2 Å². The molecule has 5 rings (SSSR count). The predicted octanol–water partition coefficient (Wildman–Crippen LogP) is 10.8. The summed E-state index contributed by atoms with van der Waals surface area (Å²) in [5, 5.41) is 0. The molecule has 0 spiro atoms. The molecule has 1 nitrogen and oxygen atoms in total. The molecule has 202 valence electrons. The highest BCUT2D eigenvalue weighted by Gasteiger charge is 2.48. The van der Waals surface area contributed by atoms with Gasteiger partial charge in [-0.15, -0.1) is 0 Å². The van der Waals surface area contributed by atoms with Gasteiger partial charge in [0.05, 0.1) is 12.7 Å². The van der Waals surface area contributed by atoms with Gasteiger partial charge < -0.3 is 4.74 Å². The predicted molar refractivity (Wildman–Crippen MR) is 156 cm³/mol. The molecule has 4 aliphatic rings. The summed E-state index contributed by atoms with van der Waals surface area (Å²) in [6.07, 6.45) is 32.7. The highest BCUT2D eigenvalue weighted by molar-refractivity contribution is 5.33. The van der Waals surface area contributed by atoms with Crippen LogP contribution in [0.3, 0.4) is 0 Å². The van der Waals surface area contributed by atoms with E-state index in [-0.39, 0.29) is 0 Å². The van der Waals surface area contributed by atoms with Crippen molar-refractivity contribution in [3.8, 4) is 0 Å². The first kappa shape index (κ1) is 27.9. The molecule has 1 heteroatoms. The van der Waals surface area contributed by atoms with Crippen molar-refractivity contribution in [2.24, 2.45) is 5.41 Å². The van der Waals surface area contributed by atoms with Crippen LogP contribution in [0.5, 0.6) is 0 Å². The summed E-state index contributed by atoms with van der Waals surface area (Å²) >= 11 is 0. The number of allylic oxidation sites excluding steroid dienone is 1. The van der Waals surface area contributed by atoms with Crippen LogP contribution in [0, 0.1) is 5.41 Å². The number of ether oxygens (including phenoxy) is 1.